The van der Waals surface area contributed by atoms with Crippen molar-refractivity contribution in [1.29, 1.82) is 0 Å². The number of aromatic nitrogens is 1. The first kappa shape index (κ1) is 17.4. The fraction of sp³-hybridized carbons (Fsp3) is 0.238. The Labute approximate surface area is 153 Å². The minimum absolute atomic E-state index is 0.0652. The van der Waals surface area contributed by atoms with E-state index in [1.54, 1.807) is 18.0 Å². The third kappa shape index (κ3) is 3.38. The Morgan fingerprint density at radius 3 is 2.88 bits per heavy atom. The number of hydrogen-bond acceptors (Lipinski definition) is 2. The molecule has 25 heavy (non-hydrogen) atoms. The summed E-state index contributed by atoms with van der Waals surface area (Å²) < 4.78 is 0. The van der Waals surface area contributed by atoms with Crippen molar-refractivity contribution in [2.75, 3.05) is 7.05 Å². The van der Waals surface area contributed by atoms with Crippen LogP contribution in [-0.4, -0.2) is 28.9 Å². The van der Waals surface area contributed by atoms with Crippen LogP contribution in [0.25, 0.3) is 16.3 Å². The van der Waals surface area contributed by atoms with Crippen molar-refractivity contribution in [2.24, 2.45) is 0 Å². The summed E-state index contributed by atoms with van der Waals surface area (Å²) in [7, 11) is 1.76. The van der Waals surface area contributed by atoms with Crippen LogP contribution in [0.2, 0.25) is 0 Å². The number of nitrogens with zero attached hydrogens (tertiary/aromatic N) is 2. The molecule has 0 radical (unpaired) electrons. The Hall–Kier alpha value is -2.39. The van der Waals surface area contributed by atoms with Gasteiger partial charge in [-0.3, -0.25) is 4.79 Å². The van der Waals surface area contributed by atoms with Crippen LogP contribution >= 0.6 is 11.6 Å². The van der Waals surface area contributed by atoms with Gasteiger partial charge in [0.2, 0.25) is 0 Å². The Bertz CT molecular complexity index is 898. The number of fused-ring (bicyclic) bond motifs is 1. The van der Waals surface area contributed by atoms with E-state index in [-0.39, 0.29) is 11.9 Å². The molecular weight excluding hydrogens is 332 g/mol. The number of allylic oxidation sites excluding steroid dienone is 4. The van der Waals surface area contributed by atoms with Crippen LogP contribution in [0.5, 0.6) is 0 Å². The summed E-state index contributed by atoms with van der Waals surface area (Å²) >= 11 is 6.43. The van der Waals surface area contributed by atoms with Gasteiger partial charge in [0.25, 0.3) is 5.91 Å². The van der Waals surface area contributed by atoms with Gasteiger partial charge in [-0.2, -0.15) is 0 Å². The number of amides is 1. The molecule has 4 heteroatoms. The zero-order valence-electron chi connectivity index (χ0n) is 14.5. The number of rotatable bonds is 4. The number of benzene rings is 1. The predicted octanol–water partition coefficient (Wildman–Crippen LogP) is 5.18. The second-order valence-electron chi connectivity index (χ2n) is 6.24. The molecule has 1 unspecified atom stereocenters. The summed E-state index contributed by atoms with van der Waals surface area (Å²) in [6.07, 6.45) is 7.46. The van der Waals surface area contributed by atoms with E-state index in [1.807, 2.05) is 43.3 Å². The molecule has 1 aromatic heterocycles. The summed E-state index contributed by atoms with van der Waals surface area (Å²) in [5, 5.41) is 2.70. The van der Waals surface area contributed by atoms with Gasteiger partial charge in [0.05, 0.1) is 5.69 Å². The van der Waals surface area contributed by atoms with Gasteiger partial charge in [0.1, 0.15) is 5.69 Å². The third-order valence-electron chi connectivity index (χ3n) is 4.63. The van der Waals surface area contributed by atoms with Crippen molar-refractivity contribution < 1.29 is 4.79 Å². The van der Waals surface area contributed by atoms with Gasteiger partial charge < -0.3 is 4.90 Å². The van der Waals surface area contributed by atoms with Crippen molar-refractivity contribution in [3.05, 3.63) is 71.6 Å². The molecule has 0 N–H and O–H groups in total. The maximum atomic E-state index is 12.9. The lowest BCUT2D eigenvalue weighted by Crippen LogP contribution is -2.34. The monoisotopic (exact) mass is 352 g/mol. The topological polar surface area (TPSA) is 33.2 Å². The summed E-state index contributed by atoms with van der Waals surface area (Å²) in [5.41, 5.74) is 2.22. The van der Waals surface area contributed by atoms with Crippen molar-refractivity contribution in [2.45, 2.75) is 25.8 Å². The zero-order chi connectivity index (χ0) is 18.0. The quantitative estimate of drug-likeness (QED) is 0.710. The Kier molecular flexibility index (Phi) is 5.05. The summed E-state index contributed by atoms with van der Waals surface area (Å²) in [6, 6.07) is 9.76. The second-order valence-corrected chi connectivity index (χ2v) is 6.64. The molecule has 3 nitrogen and oxygen atoms in total. The van der Waals surface area contributed by atoms with E-state index < -0.39 is 0 Å². The molecule has 3 rings (SSSR count). The minimum atomic E-state index is -0.123. The highest BCUT2D eigenvalue weighted by Gasteiger charge is 2.21. The van der Waals surface area contributed by atoms with Crippen molar-refractivity contribution in [1.82, 2.24) is 9.88 Å². The van der Waals surface area contributed by atoms with E-state index >= 15 is 0 Å². The molecule has 0 fully saturated rings. The molecule has 1 amide bonds. The molecule has 128 valence electrons. The summed E-state index contributed by atoms with van der Waals surface area (Å²) in [5.74, 6) is -0.123. The first-order valence-electron chi connectivity index (χ1n) is 8.38. The molecule has 1 aromatic carbocycles. The molecule has 1 aliphatic rings. The van der Waals surface area contributed by atoms with Crippen LogP contribution in [-0.2, 0) is 0 Å². The first-order chi connectivity index (χ1) is 12.0. The lowest BCUT2D eigenvalue weighted by molar-refractivity contribution is 0.0764. The van der Waals surface area contributed by atoms with Gasteiger partial charge in [-0.1, -0.05) is 48.0 Å². The van der Waals surface area contributed by atoms with Crippen LogP contribution in [0.4, 0.5) is 0 Å². The van der Waals surface area contributed by atoms with Gasteiger partial charge in [-0.25, -0.2) is 4.98 Å². The molecule has 1 atom stereocenters. The normalized spacial score (nSPS) is 15.3. The molecule has 2 aromatic rings. The number of carbonyl (C=O) groups is 1. The van der Waals surface area contributed by atoms with Crippen molar-refractivity contribution in [3.63, 3.8) is 0 Å². The summed E-state index contributed by atoms with van der Waals surface area (Å²) in [6.45, 7) is 5.69. The molecular formula is C21H21ClN2O. The first-order valence-corrected chi connectivity index (χ1v) is 8.75. The van der Waals surface area contributed by atoms with Crippen molar-refractivity contribution >= 4 is 33.9 Å². The van der Waals surface area contributed by atoms with Gasteiger partial charge >= 0.3 is 0 Å². The average molecular weight is 353 g/mol. The fourth-order valence-electron chi connectivity index (χ4n) is 2.93. The Balaban J connectivity index is 2.18. The standard InChI is InChI=1S/C21H21ClN2O/c1-4-14(2)24(3)21(25)19-13-15-9-5-6-10-16(15)20(23-19)17-11-7-8-12-18(17)22/h4-6,8-10,12-14H,1,7,11H2,2-3H3. The van der Waals surface area contributed by atoms with E-state index in [4.69, 9.17) is 16.6 Å². The lowest BCUT2D eigenvalue weighted by Gasteiger charge is -2.22. The third-order valence-corrected chi connectivity index (χ3v) is 4.99. The van der Waals surface area contributed by atoms with Crippen LogP contribution in [0.1, 0.15) is 35.9 Å². The van der Waals surface area contributed by atoms with Crippen LogP contribution in [0, 0.1) is 0 Å². The van der Waals surface area contributed by atoms with Crippen molar-refractivity contribution in [3.8, 4) is 0 Å². The van der Waals surface area contributed by atoms with E-state index in [2.05, 4.69) is 12.7 Å². The number of halogens is 1. The lowest BCUT2D eigenvalue weighted by atomic mass is 9.96. The highest BCUT2D eigenvalue weighted by Crippen LogP contribution is 2.34. The van der Waals surface area contributed by atoms with Gasteiger partial charge in [0.15, 0.2) is 0 Å². The number of likely N-dealkylation sites (N-methyl/N-ethyl adjacent to an activating group) is 1. The average Bonchev–Trinajstić information content (AvgIpc) is 2.65. The molecule has 0 saturated carbocycles. The predicted molar refractivity (Wildman–Crippen MR) is 105 cm³/mol. The molecule has 0 spiro atoms. The van der Waals surface area contributed by atoms with E-state index in [1.165, 1.54) is 0 Å². The van der Waals surface area contributed by atoms with E-state index in [9.17, 15) is 4.79 Å². The molecule has 1 heterocycles. The van der Waals surface area contributed by atoms with Crippen LogP contribution < -0.4 is 0 Å². The van der Waals surface area contributed by atoms with E-state index in [0.717, 1.165) is 34.9 Å². The highest BCUT2D eigenvalue weighted by molar-refractivity contribution is 6.34. The zero-order valence-corrected chi connectivity index (χ0v) is 15.3. The Morgan fingerprint density at radius 2 is 2.16 bits per heavy atom. The second kappa shape index (κ2) is 7.24. The van der Waals surface area contributed by atoms with E-state index in [0.29, 0.717) is 10.7 Å². The van der Waals surface area contributed by atoms with Crippen LogP contribution in [0.3, 0.4) is 0 Å². The number of hydrogen-bond donors (Lipinski definition) is 0. The fourth-order valence-corrected chi connectivity index (χ4v) is 3.20. The van der Waals surface area contributed by atoms with Crippen LogP contribution in [0.15, 0.2) is 60.2 Å². The molecule has 0 aliphatic heterocycles. The smallest absolute Gasteiger partial charge is 0.272 e. The number of pyridine rings is 1. The molecule has 0 saturated heterocycles. The SMILES string of the molecule is C=CC(C)N(C)C(=O)c1cc2ccccc2c(C2=C(Cl)C=CCC2)n1. The maximum Gasteiger partial charge on any atom is 0.272 e. The van der Waals surface area contributed by atoms with Gasteiger partial charge in [-0.05, 0) is 42.9 Å². The maximum absolute atomic E-state index is 12.9. The minimum Gasteiger partial charge on any atom is -0.334 e. The Morgan fingerprint density at radius 1 is 1.40 bits per heavy atom. The van der Waals surface area contributed by atoms with Gasteiger partial charge in [0, 0.05) is 23.5 Å². The molecule has 1 aliphatic carbocycles. The largest absolute Gasteiger partial charge is 0.334 e. The van der Waals surface area contributed by atoms with Gasteiger partial charge in [-0.15, -0.1) is 6.58 Å². The summed E-state index contributed by atoms with van der Waals surface area (Å²) in [4.78, 5) is 19.2. The number of carbonyl (C=O) groups excluding carboxylic acids is 1. The molecule has 0 bridgehead atoms. The highest BCUT2D eigenvalue weighted by atomic mass is 35.5.